The molecular formula is C18H25NO4. The molecule has 2 rings (SSSR count). The van der Waals surface area contributed by atoms with E-state index < -0.39 is 6.04 Å². The monoisotopic (exact) mass is 319 g/mol. The van der Waals surface area contributed by atoms with Crippen molar-refractivity contribution in [2.24, 2.45) is 4.99 Å². The molecule has 0 bridgehead atoms. The summed E-state index contributed by atoms with van der Waals surface area (Å²) in [5.41, 5.74) is 0.785. The van der Waals surface area contributed by atoms with E-state index in [0.717, 1.165) is 37.0 Å². The van der Waals surface area contributed by atoms with Crippen LogP contribution in [0.1, 0.15) is 45.1 Å². The Kier molecular flexibility index (Phi) is 6.91. The van der Waals surface area contributed by atoms with E-state index in [1.807, 2.05) is 24.3 Å². The van der Waals surface area contributed by atoms with Crippen LogP contribution >= 0.6 is 0 Å². The Balaban J connectivity index is 2.01. The molecule has 5 heteroatoms. The van der Waals surface area contributed by atoms with Crippen LogP contribution in [0.2, 0.25) is 0 Å². The number of esters is 1. The first kappa shape index (κ1) is 17.3. The van der Waals surface area contributed by atoms with Gasteiger partial charge in [-0.15, -0.1) is 0 Å². The van der Waals surface area contributed by atoms with Gasteiger partial charge in [-0.2, -0.15) is 0 Å². The number of benzene rings is 1. The van der Waals surface area contributed by atoms with E-state index in [4.69, 9.17) is 14.2 Å². The first-order chi connectivity index (χ1) is 11.3. The van der Waals surface area contributed by atoms with Gasteiger partial charge in [-0.05, 0) is 25.0 Å². The standard InChI is InChI=1S/C18H25NO4/c1-3-5-11-21-16-10-8-7-9-14(16)17-19-15(13-23-17)18(20)22-12-6-4-2/h7-10,15H,3-6,11-13H2,1-2H3/t15-/m0/s1. The summed E-state index contributed by atoms with van der Waals surface area (Å²) < 4.78 is 16.6. The van der Waals surface area contributed by atoms with Gasteiger partial charge in [-0.3, -0.25) is 0 Å². The summed E-state index contributed by atoms with van der Waals surface area (Å²) >= 11 is 0. The number of hydrogen-bond donors (Lipinski definition) is 0. The van der Waals surface area contributed by atoms with Crippen molar-refractivity contribution in [1.29, 1.82) is 0 Å². The second kappa shape index (κ2) is 9.18. The Morgan fingerprint density at radius 3 is 2.74 bits per heavy atom. The highest BCUT2D eigenvalue weighted by molar-refractivity contribution is 5.99. The molecule has 5 nitrogen and oxygen atoms in total. The second-order valence-corrected chi connectivity index (χ2v) is 5.48. The summed E-state index contributed by atoms with van der Waals surface area (Å²) in [6, 6.07) is 7.03. The fourth-order valence-electron chi connectivity index (χ4n) is 2.15. The number of aliphatic imine (C=N–C) groups is 1. The van der Waals surface area contributed by atoms with Gasteiger partial charge in [0.1, 0.15) is 12.4 Å². The molecule has 0 aromatic heterocycles. The van der Waals surface area contributed by atoms with Crippen LogP contribution in [0.25, 0.3) is 0 Å². The summed E-state index contributed by atoms with van der Waals surface area (Å²) in [5, 5.41) is 0. The minimum Gasteiger partial charge on any atom is -0.493 e. The third-order valence-corrected chi connectivity index (χ3v) is 3.54. The lowest BCUT2D eigenvalue weighted by atomic mass is 10.2. The predicted octanol–water partition coefficient (Wildman–Crippen LogP) is 3.35. The molecule has 0 aliphatic carbocycles. The maximum absolute atomic E-state index is 12.0. The maximum Gasteiger partial charge on any atom is 0.334 e. The molecule has 0 N–H and O–H groups in total. The van der Waals surface area contributed by atoms with Crippen LogP contribution in [-0.2, 0) is 14.3 Å². The van der Waals surface area contributed by atoms with E-state index in [1.165, 1.54) is 0 Å². The van der Waals surface area contributed by atoms with Gasteiger partial charge in [0.25, 0.3) is 0 Å². The van der Waals surface area contributed by atoms with Crippen molar-refractivity contribution < 1.29 is 19.0 Å². The van der Waals surface area contributed by atoms with Crippen molar-refractivity contribution in [2.45, 2.75) is 45.6 Å². The number of unbranched alkanes of at least 4 members (excludes halogenated alkanes) is 2. The van der Waals surface area contributed by atoms with Gasteiger partial charge in [0.15, 0.2) is 6.04 Å². The SMILES string of the molecule is CCCCOC(=O)[C@@H]1COC(c2ccccc2OCCCC)=N1. The number of hydrogen-bond acceptors (Lipinski definition) is 5. The largest absolute Gasteiger partial charge is 0.493 e. The molecule has 0 amide bonds. The third-order valence-electron chi connectivity index (χ3n) is 3.54. The lowest BCUT2D eigenvalue weighted by Crippen LogP contribution is -2.23. The first-order valence-corrected chi connectivity index (χ1v) is 8.35. The minimum atomic E-state index is -0.578. The summed E-state index contributed by atoms with van der Waals surface area (Å²) in [4.78, 5) is 16.3. The van der Waals surface area contributed by atoms with Crippen molar-refractivity contribution >= 4 is 11.9 Å². The Hall–Kier alpha value is -2.04. The fraction of sp³-hybridized carbons (Fsp3) is 0.556. The molecule has 0 fully saturated rings. The zero-order valence-electron chi connectivity index (χ0n) is 13.9. The van der Waals surface area contributed by atoms with Gasteiger partial charge in [0.2, 0.25) is 5.90 Å². The number of para-hydroxylation sites is 1. The average molecular weight is 319 g/mol. The number of carbonyl (C=O) groups is 1. The van der Waals surface area contributed by atoms with E-state index >= 15 is 0 Å². The van der Waals surface area contributed by atoms with Gasteiger partial charge in [-0.25, -0.2) is 9.79 Å². The summed E-state index contributed by atoms with van der Waals surface area (Å²) in [6.45, 7) is 5.49. The molecule has 23 heavy (non-hydrogen) atoms. The maximum atomic E-state index is 12.0. The highest BCUT2D eigenvalue weighted by Crippen LogP contribution is 2.23. The molecule has 1 aliphatic rings. The second-order valence-electron chi connectivity index (χ2n) is 5.48. The van der Waals surface area contributed by atoms with Gasteiger partial charge < -0.3 is 14.2 Å². The van der Waals surface area contributed by atoms with E-state index in [9.17, 15) is 4.79 Å². The average Bonchev–Trinajstić information content (AvgIpc) is 3.06. The number of ether oxygens (including phenoxy) is 3. The molecule has 1 aromatic rings. The third kappa shape index (κ3) is 4.98. The fourth-order valence-corrected chi connectivity index (χ4v) is 2.15. The van der Waals surface area contributed by atoms with Crippen molar-refractivity contribution in [1.82, 2.24) is 0 Å². The minimum absolute atomic E-state index is 0.226. The quantitative estimate of drug-likeness (QED) is 0.517. The van der Waals surface area contributed by atoms with Crippen LogP contribution in [0.3, 0.4) is 0 Å². The van der Waals surface area contributed by atoms with Crippen molar-refractivity contribution in [3.05, 3.63) is 29.8 Å². The van der Waals surface area contributed by atoms with Crippen molar-refractivity contribution in [3.8, 4) is 5.75 Å². The van der Waals surface area contributed by atoms with Gasteiger partial charge in [-0.1, -0.05) is 38.8 Å². The number of carbonyl (C=O) groups excluding carboxylic acids is 1. The number of rotatable bonds is 9. The predicted molar refractivity (Wildman–Crippen MR) is 89.0 cm³/mol. The Labute approximate surface area is 137 Å². The van der Waals surface area contributed by atoms with Crippen LogP contribution in [0.4, 0.5) is 0 Å². The Morgan fingerprint density at radius 2 is 1.96 bits per heavy atom. The molecule has 0 radical (unpaired) electrons. The molecule has 1 aromatic carbocycles. The Morgan fingerprint density at radius 1 is 1.22 bits per heavy atom. The van der Waals surface area contributed by atoms with Crippen LogP contribution in [0, 0.1) is 0 Å². The van der Waals surface area contributed by atoms with E-state index in [2.05, 4.69) is 18.8 Å². The topological polar surface area (TPSA) is 57.1 Å². The van der Waals surface area contributed by atoms with E-state index in [0.29, 0.717) is 19.1 Å². The highest BCUT2D eigenvalue weighted by Gasteiger charge is 2.29. The first-order valence-electron chi connectivity index (χ1n) is 8.35. The highest BCUT2D eigenvalue weighted by atomic mass is 16.5. The summed E-state index contributed by atoms with van der Waals surface area (Å²) in [7, 11) is 0. The smallest absolute Gasteiger partial charge is 0.334 e. The zero-order chi connectivity index (χ0) is 16.5. The van der Waals surface area contributed by atoms with Gasteiger partial charge in [0, 0.05) is 0 Å². The van der Waals surface area contributed by atoms with Crippen LogP contribution < -0.4 is 4.74 Å². The van der Waals surface area contributed by atoms with Crippen LogP contribution in [-0.4, -0.2) is 37.7 Å². The molecule has 0 saturated heterocycles. The summed E-state index contributed by atoms with van der Waals surface area (Å²) in [5.74, 6) is 0.868. The molecule has 126 valence electrons. The Bertz CT molecular complexity index is 542. The molecule has 0 unspecified atom stereocenters. The summed E-state index contributed by atoms with van der Waals surface area (Å²) in [6.07, 6.45) is 3.93. The van der Waals surface area contributed by atoms with E-state index in [1.54, 1.807) is 0 Å². The van der Waals surface area contributed by atoms with Gasteiger partial charge >= 0.3 is 5.97 Å². The molecular weight excluding hydrogens is 294 g/mol. The molecule has 1 heterocycles. The zero-order valence-corrected chi connectivity index (χ0v) is 13.9. The molecule has 0 spiro atoms. The lowest BCUT2D eigenvalue weighted by Gasteiger charge is -2.10. The normalized spacial score (nSPS) is 16.6. The van der Waals surface area contributed by atoms with Crippen LogP contribution in [0.5, 0.6) is 5.75 Å². The van der Waals surface area contributed by atoms with Crippen molar-refractivity contribution in [2.75, 3.05) is 19.8 Å². The number of nitrogens with zero attached hydrogens (tertiary/aromatic N) is 1. The van der Waals surface area contributed by atoms with Gasteiger partial charge in [0.05, 0.1) is 18.8 Å². The molecule has 1 atom stereocenters. The lowest BCUT2D eigenvalue weighted by molar-refractivity contribution is -0.145. The van der Waals surface area contributed by atoms with Crippen molar-refractivity contribution in [3.63, 3.8) is 0 Å². The molecule has 0 saturated carbocycles. The molecule has 1 aliphatic heterocycles. The van der Waals surface area contributed by atoms with E-state index in [-0.39, 0.29) is 12.6 Å². The van der Waals surface area contributed by atoms with Crippen LogP contribution in [0.15, 0.2) is 29.3 Å².